The van der Waals surface area contributed by atoms with E-state index >= 15 is 0 Å². The molecule has 0 saturated carbocycles. The summed E-state index contributed by atoms with van der Waals surface area (Å²) in [5.41, 5.74) is 1.33. The summed E-state index contributed by atoms with van der Waals surface area (Å²) in [7, 11) is 0. The number of nitrogens with zero attached hydrogens (tertiary/aromatic N) is 1. The summed E-state index contributed by atoms with van der Waals surface area (Å²) in [5, 5.41) is 13.4. The van der Waals surface area contributed by atoms with E-state index in [1.54, 1.807) is 45.0 Å². The number of carbonyl (C=O) groups is 2. The number of hydrogen-bond acceptors (Lipinski definition) is 4. The maximum atomic E-state index is 12.4. The molecule has 0 aliphatic carbocycles. The number of ether oxygens (including phenoxy) is 1. The van der Waals surface area contributed by atoms with Gasteiger partial charge in [0.15, 0.2) is 0 Å². The standard InChI is InChI=1S/C19H26N4O3/c1-12(2)10-15-16(24)23(17(20)22-15)11-13-6-8-14(9-7-13)21-18(25)26-19(3,4)5/h6-10,12H,11H2,1-5H3,(H2,20,22)(H,21,25)/b15-10-. The van der Waals surface area contributed by atoms with Gasteiger partial charge in [-0.1, -0.05) is 32.1 Å². The lowest BCUT2D eigenvalue weighted by atomic mass is 10.1. The van der Waals surface area contributed by atoms with Crippen LogP contribution in [0.3, 0.4) is 0 Å². The van der Waals surface area contributed by atoms with Gasteiger partial charge < -0.3 is 10.1 Å². The van der Waals surface area contributed by atoms with E-state index < -0.39 is 11.7 Å². The SMILES string of the molecule is CC(C)/C=C1\NC(=N)N(Cc2ccc(NC(=O)OC(C)(C)C)cc2)C1=O. The molecule has 26 heavy (non-hydrogen) atoms. The number of allylic oxidation sites excluding steroid dienone is 1. The van der Waals surface area contributed by atoms with E-state index in [0.29, 0.717) is 11.4 Å². The average molecular weight is 358 g/mol. The fraction of sp³-hybridized carbons (Fsp3) is 0.421. The van der Waals surface area contributed by atoms with Gasteiger partial charge in [-0.15, -0.1) is 0 Å². The second-order valence-corrected chi connectivity index (χ2v) is 7.51. The van der Waals surface area contributed by atoms with Gasteiger partial charge in [0, 0.05) is 5.69 Å². The molecule has 1 heterocycles. The zero-order valence-corrected chi connectivity index (χ0v) is 15.8. The summed E-state index contributed by atoms with van der Waals surface area (Å²) in [6, 6.07) is 7.08. The molecule has 1 aliphatic rings. The Hall–Kier alpha value is -2.83. The van der Waals surface area contributed by atoms with Crippen molar-refractivity contribution in [1.82, 2.24) is 10.2 Å². The Kier molecular flexibility index (Phi) is 5.69. The van der Waals surface area contributed by atoms with Crippen LogP contribution in [0.2, 0.25) is 0 Å². The first-order valence-electron chi connectivity index (χ1n) is 8.53. The van der Waals surface area contributed by atoms with E-state index in [0.717, 1.165) is 5.56 Å². The molecule has 140 valence electrons. The van der Waals surface area contributed by atoms with Gasteiger partial charge in [0.25, 0.3) is 5.91 Å². The van der Waals surface area contributed by atoms with E-state index in [1.807, 2.05) is 19.9 Å². The molecule has 0 bridgehead atoms. The number of amides is 2. The quantitative estimate of drug-likeness (QED) is 0.719. The summed E-state index contributed by atoms with van der Waals surface area (Å²) in [6.07, 6.45) is 1.29. The van der Waals surface area contributed by atoms with Gasteiger partial charge in [-0.2, -0.15) is 0 Å². The zero-order valence-electron chi connectivity index (χ0n) is 15.8. The third-order valence-electron chi connectivity index (χ3n) is 3.44. The molecule has 3 N–H and O–H groups in total. The summed E-state index contributed by atoms with van der Waals surface area (Å²) in [4.78, 5) is 25.5. The molecule has 1 aromatic rings. The lowest BCUT2D eigenvalue weighted by Gasteiger charge is -2.19. The van der Waals surface area contributed by atoms with Crippen LogP contribution in [0.4, 0.5) is 10.5 Å². The second-order valence-electron chi connectivity index (χ2n) is 7.51. The van der Waals surface area contributed by atoms with E-state index in [-0.39, 0.29) is 24.3 Å². The van der Waals surface area contributed by atoms with Gasteiger partial charge in [-0.3, -0.25) is 20.4 Å². The molecule has 0 aromatic heterocycles. The monoisotopic (exact) mass is 358 g/mol. The third-order valence-corrected chi connectivity index (χ3v) is 3.44. The Labute approximate surface area is 153 Å². The molecule has 2 amide bonds. The fourth-order valence-corrected chi connectivity index (χ4v) is 2.39. The van der Waals surface area contributed by atoms with Crippen molar-refractivity contribution < 1.29 is 14.3 Å². The van der Waals surface area contributed by atoms with Gasteiger partial charge >= 0.3 is 6.09 Å². The van der Waals surface area contributed by atoms with E-state index in [1.165, 1.54) is 4.90 Å². The first kappa shape index (κ1) is 19.5. The molecule has 0 unspecified atom stereocenters. The van der Waals surface area contributed by atoms with E-state index in [4.69, 9.17) is 10.1 Å². The van der Waals surface area contributed by atoms with Crippen molar-refractivity contribution in [3.05, 3.63) is 41.6 Å². The van der Waals surface area contributed by atoms with Crippen molar-refractivity contribution in [3.63, 3.8) is 0 Å². The molecular formula is C19H26N4O3. The maximum absolute atomic E-state index is 12.4. The Morgan fingerprint density at radius 2 is 1.92 bits per heavy atom. The smallest absolute Gasteiger partial charge is 0.412 e. The topological polar surface area (TPSA) is 94.5 Å². The molecule has 2 rings (SSSR count). The van der Waals surface area contributed by atoms with E-state index in [9.17, 15) is 9.59 Å². The minimum Gasteiger partial charge on any atom is -0.444 e. The van der Waals surface area contributed by atoms with Gasteiger partial charge in [-0.25, -0.2) is 4.79 Å². The van der Waals surface area contributed by atoms with Crippen molar-refractivity contribution in [2.75, 3.05) is 5.32 Å². The number of hydrogen-bond donors (Lipinski definition) is 3. The lowest BCUT2D eigenvalue weighted by molar-refractivity contribution is -0.122. The molecule has 1 aromatic carbocycles. The Morgan fingerprint density at radius 1 is 1.31 bits per heavy atom. The van der Waals surface area contributed by atoms with Gasteiger partial charge in [0.2, 0.25) is 5.96 Å². The normalized spacial score (nSPS) is 16.2. The third kappa shape index (κ3) is 5.34. The van der Waals surface area contributed by atoms with Crippen molar-refractivity contribution in [3.8, 4) is 0 Å². The van der Waals surface area contributed by atoms with Gasteiger partial charge in [0.1, 0.15) is 11.3 Å². The number of anilines is 1. The zero-order chi connectivity index (χ0) is 19.5. The predicted molar refractivity (Wildman–Crippen MR) is 101 cm³/mol. The predicted octanol–water partition coefficient (Wildman–Crippen LogP) is 3.44. The molecule has 0 spiro atoms. The van der Waals surface area contributed by atoms with Crippen molar-refractivity contribution >= 4 is 23.6 Å². The molecular weight excluding hydrogens is 332 g/mol. The summed E-state index contributed by atoms with van der Waals surface area (Å²) in [5.74, 6) is 0.0740. The molecule has 0 atom stereocenters. The largest absolute Gasteiger partial charge is 0.444 e. The van der Waals surface area contributed by atoms with Crippen LogP contribution in [0.1, 0.15) is 40.2 Å². The van der Waals surface area contributed by atoms with Crippen molar-refractivity contribution in [2.24, 2.45) is 5.92 Å². The van der Waals surface area contributed by atoms with Crippen molar-refractivity contribution in [2.45, 2.75) is 46.8 Å². The van der Waals surface area contributed by atoms with Crippen molar-refractivity contribution in [1.29, 1.82) is 5.41 Å². The maximum Gasteiger partial charge on any atom is 0.412 e. The molecule has 7 heteroatoms. The Balaban J connectivity index is 2.00. The fourth-order valence-electron chi connectivity index (χ4n) is 2.39. The van der Waals surface area contributed by atoms with Crippen LogP contribution in [0.25, 0.3) is 0 Å². The van der Waals surface area contributed by atoms with E-state index in [2.05, 4.69) is 10.6 Å². The molecule has 1 aliphatic heterocycles. The Bertz CT molecular complexity index is 730. The molecule has 1 saturated heterocycles. The minimum atomic E-state index is -0.561. The summed E-state index contributed by atoms with van der Waals surface area (Å²) in [6.45, 7) is 9.64. The van der Waals surface area contributed by atoms with Gasteiger partial charge in [-0.05, 0) is 44.4 Å². The number of nitrogens with one attached hydrogen (secondary N) is 3. The molecule has 0 radical (unpaired) electrons. The highest BCUT2D eigenvalue weighted by Gasteiger charge is 2.30. The first-order valence-corrected chi connectivity index (χ1v) is 8.53. The highest BCUT2D eigenvalue weighted by Crippen LogP contribution is 2.17. The van der Waals surface area contributed by atoms with Crippen LogP contribution in [0.15, 0.2) is 36.0 Å². The highest BCUT2D eigenvalue weighted by molar-refractivity contribution is 6.12. The lowest BCUT2D eigenvalue weighted by Crippen LogP contribution is -2.31. The molecule has 7 nitrogen and oxygen atoms in total. The first-order chi connectivity index (χ1) is 12.0. The minimum absolute atomic E-state index is 0.0675. The van der Waals surface area contributed by atoms with Crippen LogP contribution >= 0.6 is 0 Å². The van der Waals surface area contributed by atoms with Crippen LogP contribution < -0.4 is 10.6 Å². The Morgan fingerprint density at radius 3 is 2.46 bits per heavy atom. The van der Waals surface area contributed by atoms with Crippen LogP contribution in [0.5, 0.6) is 0 Å². The second kappa shape index (κ2) is 7.59. The number of rotatable bonds is 4. The number of benzene rings is 1. The summed E-state index contributed by atoms with van der Waals surface area (Å²) < 4.78 is 5.21. The van der Waals surface area contributed by atoms with Crippen LogP contribution in [0, 0.1) is 11.3 Å². The number of carbonyl (C=O) groups excluding carboxylic acids is 2. The van der Waals surface area contributed by atoms with Gasteiger partial charge in [0.05, 0.1) is 6.54 Å². The number of guanidine groups is 1. The van der Waals surface area contributed by atoms with Crippen LogP contribution in [-0.2, 0) is 16.1 Å². The highest BCUT2D eigenvalue weighted by atomic mass is 16.6. The average Bonchev–Trinajstić information content (AvgIpc) is 2.74. The molecule has 1 fully saturated rings. The summed E-state index contributed by atoms with van der Waals surface area (Å²) >= 11 is 0. The van der Waals surface area contributed by atoms with Crippen LogP contribution in [-0.4, -0.2) is 28.5 Å².